The van der Waals surface area contributed by atoms with Crippen molar-refractivity contribution in [3.05, 3.63) is 450 Å². The van der Waals surface area contributed by atoms with Gasteiger partial charge in [0.1, 0.15) is 0 Å². The molecule has 0 heterocycles. The molecule has 578 valence electrons. The van der Waals surface area contributed by atoms with Gasteiger partial charge in [0.2, 0.25) is 0 Å². The smallest absolute Gasteiger partial charge is 0.0619 e. The summed E-state index contributed by atoms with van der Waals surface area (Å²) in [6, 6.07) is 146. The second-order valence-corrected chi connectivity index (χ2v) is 41.8. The van der Waals surface area contributed by atoms with Gasteiger partial charge in [-0.2, -0.15) is 0 Å². The molecule has 5 heteroatoms. The highest BCUT2D eigenvalue weighted by molar-refractivity contribution is 7.98. The summed E-state index contributed by atoms with van der Waals surface area (Å²) in [4.78, 5) is 20.7. The summed E-state index contributed by atoms with van der Waals surface area (Å²) in [5.74, 6) is 0.776. The van der Waals surface area contributed by atoms with E-state index >= 15 is 0 Å². The van der Waals surface area contributed by atoms with Gasteiger partial charge in [0.25, 0.3) is 0 Å². The van der Waals surface area contributed by atoms with Crippen molar-refractivity contribution in [3.63, 3.8) is 0 Å². The average Bonchev–Trinajstić information content (AvgIpc) is 0.824. The first kappa shape index (κ1) is 84.4. The summed E-state index contributed by atoms with van der Waals surface area (Å²) in [5, 5.41) is 0. The lowest BCUT2D eigenvalue weighted by molar-refractivity contribution is 0.443. The summed E-state index contributed by atoms with van der Waals surface area (Å²) < 4.78 is 0. The van der Waals surface area contributed by atoms with Gasteiger partial charge in [-0.25, -0.2) is 0 Å². The number of hydrogen-bond donors (Lipinski definition) is 0. The highest BCUT2D eigenvalue weighted by Gasteiger charge is 2.35. The minimum absolute atomic E-state index is 0.0278. The first-order valence-corrected chi connectivity index (χ1v) is 46.7. The fourth-order valence-electron chi connectivity index (χ4n) is 14.4. The molecule has 16 rings (SSSR count). The third-order valence-corrected chi connectivity index (χ3v) is 31.7. The minimum atomic E-state index is -0.0847. The zero-order valence-electron chi connectivity index (χ0n) is 69.3. The first-order valence-electron chi connectivity index (χ1n) is 40.5. The van der Waals surface area contributed by atoms with Crippen molar-refractivity contribution in [1.29, 1.82) is 0 Å². The van der Waals surface area contributed by atoms with Crippen LogP contribution in [0.2, 0.25) is 0 Å². The molecule has 0 nitrogen and oxygen atoms in total. The maximum atomic E-state index is 2.39. The van der Waals surface area contributed by atoms with E-state index in [-0.39, 0.29) is 65.3 Å². The molecule has 1 saturated carbocycles. The normalized spacial score (nSPS) is 12.2. The largest absolute Gasteiger partial charge is 0.169 e. The molecular weight excluding hydrogens is 1480 g/mol. The van der Waals surface area contributed by atoms with Crippen LogP contribution in [0.5, 0.6) is 0 Å². The molecule has 0 radical (unpaired) electrons. The van der Waals surface area contributed by atoms with E-state index in [1.54, 1.807) is 0 Å². The molecular formula is C110H113S5+5. The first-order chi connectivity index (χ1) is 55.8. The molecule has 0 saturated heterocycles. The van der Waals surface area contributed by atoms with Crippen LogP contribution in [-0.4, -0.2) is 0 Å². The SMILES string of the molecule is CC(C)(C)c1ccc([S+](c2ccccc2)c2ccc(C(C)(C)C)cc2)cc1.Cc1cc(C)cc([S+](c2ccccc2)c2ccccc2)c1.Cc1ccc([S+](c2ccccc2)c2ccc(C)cc2)cc1.Cc1ccc([S+](c2ccccc2)c2ccccc2)c(C)c1.c1ccc([S+](c2ccccc2)c2ccc(C3CCCCC3)cc2)cc1. The summed E-state index contributed by atoms with van der Waals surface area (Å²) in [6.07, 6.45) is 6.93. The van der Waals surface area contributed by atoms with Crippen molar-refractivity contribution in [1.82, 2.24) is 0 Å². The van der Waals surface area contributed by atoms with Crippen LogP contribution in [-0.2, 0) is 65.3 Å². The van der Waals surface area contributed by atoms with Crippen LogP contribution in [0.3, 0.4) is 0 Å². The molecule has 0 amide bonds. The highest BCUT2D eigenvalue weighted by atomic mass is 32.2. The lowest BCUT2D eigenvalue weighted by Crippen LogP contribution is -2.12. The second-order valence-electron chi connectivity index (χ2n) is 31.7. The van der Waals surface area contributed by atoms with Gasteiger partial charge in [-0.3, -0.25) is 0 Å². The Morgan fingerprint density at radius 1 is 0.200 bits per heavy atom. The Hall–Kier alpha value is -9.95. The van der Waals surface area contributed by atoms with Crippen LogP contribution >= 0.6 is 0 Å². The minimum Gasteiger partial charge on any atom is -0.0619 e. The van der Waals surface area contributed by atoms with E-state index < -0.39 is 0 Å². The van der Waals surface area contributed by atoms with Gasteiger partial charge in [-0.15, -0.1) is 0 Å². The molecule has 1 fully saturated rings. The van der Waals surface area contributed by atoms with Gasteiger partial charge < -0.3 is 0 Å². The number of benzene rings is 15. The standard InChI is InChI=1S/C26H31S.C24H25S.3C20H19S/c1-25(2,3)20-12-16-23(17-13-20)27(22-10-8-7-9-11-22)24-18-14-21(15-19-24)26(4,5)6;1-4-10-20(11-5-1)21-16-18-24(19-17-21)25(22-12-6-2-7-13-22)23-14-8-3-9-15-23;1-16-13-17(2)15-20(14-16)21(18-9-5-3-6-10-18)19-11-7-4-8-12-19;1-16-13-14-20(17(2)15-16)21(18-9-5-3-6-10-18)19-11-7-4-8-12-19;1-16-8-12-19(13-9-16)21(18-6-4-3-5-7-18)20-14-10-17(2)11-15-20/h7-19H,1-6H3;2-3,6-9,12-20H,1,4-5,10-11H2;3*3-15H,1-2H3/q5*+1. The monoisotopic (exact) mass is 1590 g/mol. The maximum Gasteiger partial charge on any atom is 0.169 e. The topological polar surface area (TPSA) is 0 Å². The van der Waals surface area contributed by atoms with Crippen molar-refractivity contribution < 1.29 is 0 Å². The van der Waals surface area contributed by atoms with E-state index in [0.717, 1.165) is 5.92 Å². The number of rotatable bonds is 16. The second kappa shape index (κ2) is 41.6. The molecule has 15 aromatic carbocycles. The third kappa shape index (κ3) is 23.9. The number of aryl methyl sites for hydroxylation is 6. The molecule has 0 aromatic heterocycles. The lowest BCUT2D eigenvalue weighted by Gasteiger charge is -2.22. The van der Waals surface area contributed by atoms with E-state index in [4.69, 9.17) is 0 Å². The van der Waals surface area contributed by atoms with Gasteiger partial charge in [0, 0.05) is 5.56 Å². The molecule has 15 aromatic rings. The van der Waals surface area contributed by atoms with Crippen LogP contribution in [0.25, 0.3) is 0 Å². The van der Waals surface area contributed by atoms with Crippen LogP contribution in [0.15, 0.2) is 474 Å². The number of hydrogen-bond acceptors (Lipinski definition) is 0. The van der Waals surface area contributed by atoms with Gasteiger partial charge in [-0.05, 0) is 275 Å². The fourth-order valence-corrected chi connectivity index (χ4v) is 25.1. The summed E-state index contributed by atoms with van der Waals surface area (Å²) in [7, 11) is -0.213. The molecule has 1 aliphatic rings. The molecule has 0 N–H and O–H groups in total. The zero-order valence-corrected chi connectivity index (χ0v) is 73.3. The third-order valence-electron chi connectivity index (χ3n) is 20.4. The Balaban J connectivity index is 0.000000133. The lowest BCUT2D eigenvalue weighted by atomic mass is 9.84. The summed E-state index contributed by atoms with van der Waals surface area (Å²) in [5.41, 5.74) is 12.6. The average molecular weight is 1600 g/mol. The molecule has 0 bridgehead atoms. The predicted molar refractivity (Wildman–Crippen MR) is 499 cm³/mol. The van der Waals surface area contributed by atoms with Crippen molar-refractivity contribution in [3.8, 4) is 0 Å². The Morgan fingerprint density at radius 2 is 0.435 bits per heavy atom. The predicted octanol–water partition coefficient (Wildman–Crippen LogP) is 30.4. The van der Waals surface area contributed by atoms with Crippen LogP contribution in [0, 0.1) is 41.5 Å². The van der Waals surface area contributed by atoms with Crippen LogP contribution in [0.4, 0.5) is 0 Å². The zero-order chi connectivity index (χ0) is 80.5. The van der Waals surface area contributed by atoms with Crippen molar-refractivity contribution in [2.75, 3.05) is 0 Å². The van der Waals surface area contributed by atoms with E-state index in [1.807, 2.05) is 0 Å². The Labute approximate surface area is 704 Å². The van der Waals surface area contributed by atoms with Crippen molar-refractivity contribution in [2.24, 2.45) is 0 Å². The van der Waals surface area contributed by atoms with Crippen molar-refractivity contribution >= 4 is 54.5 Å². The fraction of sp³-hybridized carbons (Fsp3) is 0.182. The highest BCUT2D eigenvalue weighted by Crippen LogP contribution is 2.40. The molecule has 115 heavy (non-hydrogen) atoms. The van der Waals surface area contributed by atoms with Crippen LogP contribution in [0.1, 0.15) is 130 Å². The van der Waals surface area contributed by atoms with Gasteiger partial charge in [-0.1, -0.05) is 302 Å². The summed E-state index contributed by atoms with van der Waals surface area (Å²) in [6.45, 7) is 26.6. The molecule has 0 atom stereocenters. The summed E-state index contributed by atoms with van der Waals surface area (Å²) >= 11 is 0. The molecule has 1 aliphatic carbocycles. The Morgan fingerprint density at radius 3 is 0.704 bits per heavy atom. The van der Waals surface area contributed by atoms with E-state index in [1.165, 1.54) is 156 Å². The molecule has 0 unspecified atom stereocenters. The Bertz CT molecular complexity index is 5110. The van der Waals surface area contributed by atoms with Gasteiger partial charge in [0.05, 0.1) is 54.5 Å². The maximum absolute atomic E-state index is 2.39. The van der Waals surface area contributed by atoms with E-state index in [2.05, 4.69) is 483 Å². The molecule has 0 aliphatic heterocycles. The molecule has 0 spiro atoms. The van der Waals surface area contributed by atoms with E-state index in [9.17, 15) is 0 Å². The van der Waals surface area contributed by atoms with Crippen molar-refractivity contribution in [2.45, 2.75) is 205 Å². The van der Waals surface area contributed by atoms with E-state index in [0.29, 0.717) is 0 Å². The quantitative estimate of drug-likeness (QED) is 0.0846. The Kier molecular flexibility index (Phi) is 30.5. The van der Waals surface area contributed by atoms with Gasteiger partial charge >= 0.3 is 0 Å². The van der Waals surface area contributed by atoms with Crippen LogP contribution < -0.4 is 0 Å². The van der Waals surface area contributed by atoms with Gasteiger partial charge in [0.15, 0.2) is 73.4 Å².